The van der Waals surface area contributed by atoms with Gasteiger partial charge in [-0.3, -0.25) is 4.68 Å². The Bertz CT molecular complexity index is 609. The predicted molar refractivity (Wildman–Crippen MR) is 110 cm³/mol. The molecule has 2 aromatic heterocycles. The van der Waals surface area contributed by atoms with E-state index in [1.807, 2.05) is 7.05 Å². The SMILES string of the molecule is CCNC(=NCc1ncnn1C)NCC(c1cccs1)N(C)C.I. The summed E-state index contributed by atoms with van der Waals surface area (Å²) in [5, 5.41) is 12.9. The highest BCUT2D eigenvalue weighted by molar-refractivity contribution is 14.0. The number of likely N-dealkylation sites (N-methyl/N-ethyl adjacent to an activating group) is 1. The molecule has 0 saturated carbocycles. The molecule has 1 atom stereocenters. The molecule has 2 rings (SSSR count). The van der Waals surface area contributed by atoms with Gasteiger partial charge in [-0.2, -0.15) is 5.10 Å². The second-order valence-corrected chi connectivity index (χ2v) is 6.35. The number of rotatable bonds is 7. The lowest BCUT2D eigenvalue weighted by Gasteiger charge is -2.24. The van der Waals surface area contributed by atoms with E-state index in [2.05, 4.69) is 69.1 Å². The van der Waals surface area contributed by atoms with Crippen molar-refractivity contribution < 1.29 is 0 Å². The molecule has 0 aromatic carbocycles. The van der Waals surface area contributed by atoms with Crippen molar-refractivity contribution in [3.8, 4) is 0 Å². The van der Waals surface area contributed by atoms with Gasteiger partial charge in [0.2, 0.25) is 0 Å². The van der Waals surface area contributed by atoms with Gasteiger partial charge in [-0.05, 0) is 32.5 Å². The van der Waals surface area contributed by atoms with Gasteiger partial charge in [-0.1, -0.05) is 6.07 Å². The van der Waals surface area contributed by atoms with E-state index in [1.165, 1.54) is 4.88 Å². The van der Waals surface area contributed by atoms with Crippen molar-refractivity contribution in [2.45, 2.75) is 19.5 Å². The smallest absolute Gasteiger partial charge is 0.191 e. The zero-order valence-corrected chi connectivity index (χ0v) is 17.7. The van der Waals surface area contributed by atoms with Crippen LogP contribution in [-0.4, -0.2) is 52.8 Å². The molecule has 0 bridgehead atoms. The van der Waals surface area contributed by atoms with E-state index in [0.717, 1.165) is 24.9 Å². The predicted octanol–water partition coefficient (Wildman–Crippen LogP) is 1.85. The molecule has 2 heterocycles. The van der Waals surface area contributed by atoms with Crippen LogP contribution in [0.2, 0.25) is 0 Å². The molecular weight excluding hydrogens is 437 g/mol. The largest absolute Gasteiger partial charge is 0.357 e. The molecule has 2 aromatic rings. The number of nitrogens with one attached hydrogen (secondary N) is 2. The van der Waals surface area contributed by atoms with E-state index in [9.17, 15) is 0 Å². The summed E-state index contributed by atoms with van der Waals surface area (Å²) in [5.74, 6) is 1.63. The Hall–Kier alpha value is -1.20. The van der Waals surface area contributed by atoms with Crippen LogP contribution in [0.4, 0.5) is 0 Å². The number of hydrogen-bond acceptors (Lipinski definition) is 5. The molecule has 7 nitrogen and oxygen atoms in total. The van der Waals surface area contributed by atoms with Crippen LogP contribution in [0.1, 0.15) is 23.7 Å². The molecular formula is C15H26IN7S. The molecule has 0 amide bonds. The standard InChI is InChI=1S/C15H25N7S.HI/c1-5-16-15(18-10-14-19-11-20-22(14)4)17-9-12(21(2)3)13-7-6-8-23-13;/h6-8,11-12H,5,9-10H2,1-4H3,(H2,16,17,18);1H. The summed E-state index contributed by atoms with van der Waals surface area (Å²) in [5.41, 5.74) is 0. The Kier molecular flexibility index (Phi) is 9.22. The van der Waals surface area contributed by atoms with Crippen molar-refractivity contribution in [1.29, 1.82) is 0 Å². The van der Waals surface area contributed by atoms with Crippen LogP contribution in [0.3, 0.4) is 0 Å². The van der Waals surface area contributed by atoms with Gasteiger partial charge in [0.1, 0.15) is 18.7 Å². The van der Waals surface area contributed by atoms with E-state index in [4.69, 9.17) is 0 Å². The monoisotopic (exact) mass is 463 g/mol. The van der Waals surface area contributed by atoms with E-state index >= 15 is 0 Å². The number of nitrogens with zero attached hydrogens (tertiary/aromatic N) is 5. The van der Waals surface area contributed by atoms with Crippen LogP contribution in [0.15, 0.2) is 28.8 Å². The van der Waals surface area contributed by atoms with Gasteiger partial charge < -0.3 is 15.5 Å². The van der Waals surface area contributed by atoms with Gasteiger partial charge >= 0.3 is 0 Å². The number of halogens is 1. The van der Waals surface area contributed by atoms with Gasteiger partial charge in [-0.15, -0.1) is 35.3 Å². The van der Waals surface area contributed by atoms with Crippen molar-refractivity contribution in [1.82, 2.24) is 30.3 Å². The highest BCUT2D eigenvalue weighted by Crippen LogP contribution is 2.22. The lowest BCUT2D eigenvalue weighted by atomic mass is 10.2. The lowest BCUT2D eigenvalue weighted by molar-refractivity contribution is 0.302. The summed E-state index contributed by atoms with van der Waals surface area (Å²) in [6, 6.07) is 4.57. The fourth-order valence-electron chi connectivity index (χ4n) is 2.17. The van der Waals surface area contributed by atoms with Crippen LogP contribution in [0, 0.1) is 0 Å². The van der Waals surface area contributed by atoms with Crippen molar-refractivity contribution in [2.75, 3.05) is 27.2 Å². The lowest BCUT2D eigenvalue weighted by Crippen LogP contribution is -2.41. The van der Waals surface area contributed by atoms with Crippen LogP contribution < -0.4 is 10.6 Å². The summed E-state index contributed by atoms with van der Waals surface area (Å²) in [7, 11) is 6.06. The minimum Gasteiger partial charge on any atom is -0.357 e. The third-order valence-electron chi connectivity index (χ3n) is 3.49. The van der Waals surface area contributed by atoms with Crippen LogP contribution in [0.5, 0.6) is 0 Å². The van der Waals surface area contributed by atoms with E-state index < -0.39 is 0 Å². The summed E-state index contributed by atoms with van der Waals surface area (Å²) in [6.45, 7) is 4.16. The molecule has 134 valence electrons. The molecule has 9 heteroatoms. The summed E-state index contributed by atoms with van der Waals surface area (Å²) in [6.07, 6.45) is 1.55. The molecule has 2 N–H and O–H groups in total. The number of aliphatic imine (C=N–C) groups is 1. The van der Waals surface area contributed by atoms with Gasteiger partial charge in [0.25, 0.3) is 0 Å². The van der Waals surface area contributed by atoms with E-state index in [-0.39, 0.29) is 24.0 Å². The zero-order chi connectivity index (χ0) is 16.7. The number of thiophene rings is 1. The quantitative estimate of drug-likeness (QED) is 0.373. The van der Waals surface area contributed by atoms with Crippen molar-refractivity contribution in [2.24, 2.45) is 12.0 Å². The van der Waals surface area contributed by atoms with E-state index in [1.54, 1.807) is 22.3 Å². The second kappa shape index (κ2) is 10.6. The fraction of sp³-hybridized carbons (Fsp3) is 0.533. The Labute approximate surface area is 164 Å². The topological polar surface area (TPSA) is 70.4 Å². The maximum Gasteiger partial charge on any atom is 0.191 e. The highest BCUT2D eigenvalue weighted by atomic mass is 127. The highest BCUT2D eigenvalue weighted by Gasteiger charge is 2.15. The third-order valence-corrected chi connectivity index (χ3v) is 4.46. The molecule has 0 aliphatic rings. The van der Waals surface area contributed by atoms with Crippen molar-refractivity contribution in [3.05, 3.63) is 34.5 Å². The van der Waals surface area contributed by atoms with Gasteiger partial charge in [0.15, 0.2) is 5.96 Å². The molecule has 24 heavy (non-hydrogen) atoms. The van der Waals surface area contributed by atoms with Gasteiger partial charge in [0.05, 0.1) is 6.04 Å². The second-order valence-electron chi connectivity index (χ2n) is 5.37. The Balaban J connectivity index is 0.00000288. The molecule has 1 unspecified atom stereocenters. The third kappa shape index (κ3) is 6.02. The summed E-state index contributed by atoms with van der Waals surface area (Å²) in [4.78, 5) is 12.3. The molecule has 0 saturated heterocycles. The Morgan fingerprint density at radius 1 is 1.42 bits per heavy atom. The number of hydrogen-bond donors (Lipinski definition) is 2. The van der Waals surface area contributed by atoms with Gasteiger partial charge in [-0.25, -0.2) is 9.98 Å². The van der Waals surface area contributed by atoms with Crippen LogP contribution >= 0.6 is 35.3 Å². The minimum absolute atomic E-state index is 0. The molecule has 0 aliphatic carbocycles. The average molecular weight is 463 g/mol. The average Bonchev–Trinajstić information content (AvgIpc) is 3.16. The molecule has 0 spiro atoms. The first-order valence-electron chi connectivity index (χ1n) is 7.66. The number of guanidine groups is 1. The maximum absolute atomic E-state index is 4.59. The van der Waals surface area contributed by atoms with Crippen molar-refractivity contribution in [3.63, 3.8) is 0 Å². The van der Waals surface area contributed by atoms with Gasteiger partial charge in [0, 0.05) is 25.0 Å². The fourth-order valence-corrected chi connectivity index (χ4v) is 3.09. The Morgan fingerprint density at radius 3 is 2.75 bits per heavy atom. The van der Waals surface area contributed by atoms with E-state index in [0.29, 0.717) is 12.6 Å². The number of aryl methyl sites for hydroxylation is 1. The maximum atomic E-state index is 4.59. The minimum atomic E-state index is 0. The van der Waals surface area contributed by atoms with Crippen LogP contribution in [-0.2, 0) is 13.6 Å². The molecule has 0 aliphatic heterocycles. The Morgan fingerprint density at radius 2 is 2.21 bits per heavy atom. The van der Waals surface area contributed by atoms with Crippen LogP contribution in [0.25, 0.3) is 0 Å². The summed E-state index contributed by atoms with van der Waals surface area (Å²) >= 11 is 1.77. The first kappa shape index (κ1) is 20.8. The first-order valence-corrected chi connectivity index (χ1v) is 8.54. The normalized spacial score (nSPS) is 12.8. The molecule has 0 radical (unpaired) electrons. The summed E-state index contributed by atoms with van der Waals surface area (Å²) < 4.78 is 1.74. The number of aromatic nitrogens is 3. The van der Waals surface area contributed by atoms with Crippen molar-refractivity contribution >= 4 is 41.3 Å². The first-order chi connectivity index (χ1) is 11.1. The molecule has 0 fully saturated rings. The zero-order valence-electron chi connectivity index (χ0n) is 14.6.